The van der Waals surface area contributed by atoms with E-state index in [4.69, 9.17) is 5.80 Å². The third-order valence-corrected chi connectivity index (χ3v) is 8.60. The highest BCUT2D eigenvalue weighted by molar-refractivity contribution is 6.73. The van der Waals surface area contributed by atoms with Crippen LogP contribution in [0.2, 0.25) is 18.1 Å². The largest absolute Gasteiger partial charge is 0.466 e. The maximum Gasteiger partial charge on any atom is 0.330 e. The van der Waals surface area contributed by atoms with Crippen molar-refractivity contribution in [1.29, 1.82) is 0 Å². The van der Waals surface area contributed by atoms with E-state index < -0.39 is 14.3 Å². The Kier molecular flexibility index (Phi) is 6.70. The number of hydrogen-bond acceptors (Lipinski definition) is 3. The van der Waals surface area contributed by atoms with Crippen LogP contribution in [0, 0.1) is 0 Å². The molecule has 1 rings (SSSR count). The van der Waals surface area contributed by atoms with Crippen LogP contribution in [0.3, 0.4) is 0 Å². The smallest absolute Gasteiger partial charge is 0.330 e. The fourth-order valence-electron chi connectivity index (χ4n) is 2.31. The lowest BCUT2D eigenvalue weighted by Gasteiger charge is -2.32. The summed E-state index contributed by atoms with van der Waals surface area (Å²) in [5.41, 5.74) is 0.961. The van der Waals surface area contributed by atoms with Gasteiger partial charge in [-0.25, -0.2) is 4.79 Å². The van der Waals surface area contributed by atoms with Gasteiger partial charge in [-0.2, -0.15) is 0 Å². The lowest BCUT2D eigenvalue weighted by molar-refractivity contribution is -0.134. The van der Waals surface area contributed by atoms with E-state index in [0.29, 0.717) is 0 Å². The maximum atomic E-state index is 11.5. The van der Waals surface area contributed by atoms with Crippen molar-refractivity contribution in [2.45, 2.75) is 45.0 Å². The summed E-state index contributed by atoms with van der Waals surface area (Å²) >= 11 is 0. The Morgan fingerprint density at radius 1 is 1.24 bits per heavy atom. The monoisotopic (exact) mass is 307 g/mol. The molecule has 0 radical (unpaired) electrons. The van der Waals surface area contributed by atoms with Crippen LogP contribution in [0.4, 0.5) is 0 Å². The van der Waals surface area contributed by atoms with Crippen LogP contribution in [0.5, 0.6) is 0 Å². The Hall–Kier alpha value is -1.39. The Labute approximate surface area is 130 Å². The molecule has 0 fully saturated rings. The van der Waals surface area contributed by atoms with Crippen molar-refractivity contribution in [3.63, 3.8) is 0 Å². The van der Waals surface area contributed by atoms with Gasteiger partial charge in [0.15, 0.2) is 8.32 Å². The lowest BCUT2D eigenvalue weighted by Crippen LogP contribution is -2.37. The highest BCUT2D eigenvalue weighted by atomic mass is 28.4. The average Bonchev–Trinajstić information content (AvgIpc) is 2.58. The molecule has 0 spiro atoms. The third-order valence-electron chi connectivity index (χ3n) is 3.98. The molecule has 0 amide bonds. The van der Waals surface area contributed by atoms with E-state index in [2.05, 4.69) is 25.5 Å². The van der Waals surface area contributed by atoms with Gasteiger partial charge in [-0.1, -0.05) is 51.1 Å². The van der Waals surface area contributed by atoms with Crippen LogP contribution in [0.15, 0.2) is 42.5 Å². The topological polar surface area (TPSA) is 35.5 Å². The third kappa shape index (κ3) is 5.14. The van der Waals surface area contributed by atoms with Crippen molar-refractivity contribution in [1.82, 2.24) is 0 Å². The van der Waals surface area contributed by atoms with Gasteiger partial charge in [0.25, 0.3) is 0 Å². The van der Waals surface area contributed by atoms with Crippen LogP contribution in [0.25, 0.3) is 0 Å². The summed E-state index contributed by atoms with van der Waals surface area (Å²) in [6.45, 7) is 6.48. The Balaban J connectivity index is 3.15. The quantitative estimate of drug-likeness (QED) is 0.403. The van der Waals surface area contributed by atoms with E-state index in [9.17, 15) is 4.79 Å². The predicted molar refractivity (Wildman–Crippen MR) is 88.6 cm³/mol. The van der Waals surface area contributed by atoms with Crippen molar-refractivity contribution in [3.8, 4) is 0 Å². The molecule has 3 nitrogen and oxygen atoms in total. The number of hydrogen-bond donors (Lipinski definition) is 0. The first-order chi connectivity index (χ1) is 10.5. The van der Waals surface area contributed by atoms with Gasteiger partial charge in [-0.05, 0) is 29.8 Å². The molecule has 0 aliphatic rings. The van der Waals surface area contributed by atoms with E-state index >= 15 is 0 Å². The summed E-state index contributed by atoms with van der Waals surface area (Å²) in [6, 6.07) is 12.6. The fourth-order valence-corrected chi connectivity index (χ4v) is 5.06. The highest BCUT2D eigenvalue weighted by Gasteiger charge is 2.31. The number of esters is 1. The van der Waals surface area contributed by atoms with Gasteiger partial charge in [-0.15, -0.1) is 0 Å². The van der Waals surface area contributed by atoms with Crippen LogP contribution in [0.1, 0.15) is 33.8 Å². The number of ether oxygens (including phenoxy) is 1. The van der Waals surface area contributed by atoms with Crippen molar-refractivity contribution < 1.29 is 15.3 Å². The van der Waals surface area contributed by atoms with Crippen LogP contribution in [-0.4, -0.2) is 21.4 Å². The van der Waals surface area contributed by atoms with Gasteiger partial charge in [0.05, 0.1) is 14.6 Å². The van der Waals surface area contributed by atoms with E-state index in [1.165, 1.54) is 7.11 Å². The Bertz CT molecular complexity index is 490. The number of carbonyl (C=O) groups excluding carboxylic acids is 1. The van der Waals surface area contributed by atoms with Gasteiger partial charge in [0, 0.05) is 6.05 Å². The predicted octanol–water partition coefficient (Wildman–Crippen LogP) is 4.48. The maximum absolute atomic E-state index is 11.5. The Morgan fingerprint density at radius 2 is 1.81 bits per heavy atom. The van der Waals surface area contributed by atoms with Crippen LogP contribution < -0.4 is 0 Å². The molecule has 0 bridgehead atoms. The van der Waals surface area contributed by atoms with Crippen molar-refractivity contribution >= 4 is 14.3 Å². The zero-order valence-electron chi connectivity index (χ0n) is 14.4. The number of rotatable bonds is 8. The molecule has 0 aromatic heterocycles. The molecule has 1 atom stereocenters. The Morgan fingerprint density at radius 3 is 2.29 bits per heavy atom. The van der Waals surface area contributed by atoms with Gasteiger partial charge >= 0.3 is 5.97 Å². The van der Waals surface area contributed by atoms with E-state index in [1.54, 1.807) is 6.08 Å². The van der Waals surface area contributed by atoms with Gasteiger partial charge in [0.1, 0.15) is 0 Å². The second-order valence-electron chi connectivity index (χ2n) is 5.00. The summed E-state index contributed by atoms with van der Waals surface area (Å²) in [5.74, 6) is -0.638. The van der Waals surface area contributed by atoms with Crippen molar-refractivity contribution in [2.75, 3.05) is 7.11 Å². The average molecular weight is 307 g/mol. The van der Waals surface area contributed by atoms with Gasteiger partial charge < -0.3 is 9.16 Å². The highest BCUT2D eigenvalue weighted by Crippen LogP contribution is 2.30. The number of benzene rings is 1. The molecular weight excluding hydrogens is 280 g/mol. The molecule has 0 saturated carbocycles. The van der Waals surface area contributed by atoms with E-state index in [-0.39, 0.29) is 12.2 Å². The van der Waals surface area contributed by atoms with Gasteiger partial charge in [-0.3, -0.25) is 0 Å². The number of methoxy groups -OCH3 is 1. The lowest BCUT2D eigenvalue weighted by atomic mass is 10.1. The minimum absolute atomic E-state index is 0.164. The standard InChI is InChI=1S/C17H26O3Si/c1-5-21(6-2,7-3)20-16(13-14-17(18)19-4)15-11-9-8-10-12-15/h8-14,16H,5-7H2,1-4H3/b14-13+/i14D. The molecule has 1 aromatic rings. The van der Waals surface area contributed by atoms with Crippen LogP contribution in [-0.2, 0) is 14.0 Å². The zero-order chi connectivity index (χ0) is 16.6. The molecule has 21 heavy (non-hydrogen) atoms. The molecule has 4 heteroatoms. The first kappa shape index (κ1) is 16.0. The van der Waals surface area contributed by atoms with Crippen molar-refractivity contribution in [2.24, 2.45) is 0 Å². The second-order valence-corrected chi connectivity index (χ2v) is 9.72. The molecule has 0 N–H and O–H groups in total. The summed E-state index contributed by atoms with van der Waals surface area (Å²) in [5, 5.41) is 0. The molecule has 1 unspecified atom stereocenters. The zero-order valence-corrected chi connectivity index (χ0v) is 14.4. The number of carbonyl (C=O) groups is 1. The summed E-state index contributed by atoms with van der Waals surface area (Å²) in [6.07, 6.45) is 1.18. The van der Waals surface area contributed by atoms with Gasteiger partial charge in [0.2, 0.25) is 0 Å². The van der Waals surface area contributed by atoms with Crippen molar-refractivity contribution in [3.05, 3.63) is 48.0 Å². The summed E-state index contributed by atoms with van der Waals surface area (Å²) < 4.78 is 18.9. The minimum atomic E-state index is -1.86. The van der Waals surface area contributed by atoms with Crippen LogP contribution >= 0.6 is 0 Å². The summed E-state index contributed by atoms with van der Waals surface area (Å²) in [4.78, 5) is 11.5. The minimum Gasteiger partial charge on any atom is -0.466 e. The summed E-state index contributed by atoms with van der Waals surface area (Å²) in [7, 11) is -0.571. The fraction of sp³-hybridized carbons (Fsp3) is 0.471. The van der Waals surface area contributed by atoms with E-state index in [1.807, 2.05) is 30.3 Å². The normalized spacial score (nSPS) is 14.5. The molecule has 0 saturated heterocycles. The first-order valence-electron chi connectivity index (χ1n) is 8.01. The molecule has 1 aromatic carbocycles. The SMILES string of the molecule is [2H]/C(=C\C(O[Si](CC)(CC)CC)c1ccccc1)C(=O)OC. The molecular formula is C17H26O3Si. The molecule has 0 aliphatic carbocycles. The first-order valence-corrected chi connectivity index (χ1v) is 10.0. The second kappa shape index (κ2) is 8.80. The molecule has 116 valence electrons. The van der Waals surface area contributed by atoms with E-state index in [0.717, 1.165) is 23.7 Å². The molecule has 0 heterocycles. The molecule has 0 aliphatic heterocycles.